The highest BCUT2D eigenvalue weighted by atomic mass is 16.3. The van der Waals surface area contributed by atoms with Gasteiger partial charge in [-0.25, -0.2) is 9.97 Å². The molecule has 0 aliphatic rings. The van der Waals surface area contributed by atoms with E-state index < -0.39 is 0 Å². The van der Waals surface area contributed by atoms with Crippen molar-refractivity contribution in [1.82, 2.24) is 9.97 Å². The van der Waals surface area contributed by atoms with Crippen LogP contribution in [0.5, 0.6) is 5.75 Å². The molecule has 1 heterocycles. The van der Waals surface area contributed by atoms with Crippen LogP contribution in [0.2, 0.25) is 0 Å². The van der Waals surface area contributed by atoms with Gasteiger partial charge in [0.2, 0.25) is 0 Å². The number of para-hydroxylation sites is 2. The normalized spacial score (nSPS) is 10.9. The van der Waals surface area contributed by atoms with Gasteiger partial charge in [-0.1, -0.05) is 30.3 Å². The Kier molecular flexibility index (Phi) is 3.69. The van der Waals surface area contributed by atoms with Gasteiger partial charge in [0.1, 0.15) is 17.8 Å². The van der Waals surface area contributed by atoms with Gasteiger partial charge in [-0.15, -0.1) is 0 Å². The van der Waals surface area contributed by atoms with Gasteiger partial charge in [0.15, 0.2) is 0 Å². The van der Waals surface area contributed by atoms with E-state index in [9.17, 15) is 5.11 Å². The summed E-state index contributed by atoms with van der Waals surface area (Å²) in [5.74, 6) is 0.168. The smallest absolute Gasteiger partial charge is 0.141 e. The number of nitrogens with zero attached hydrogens (tertiary/aromatic N) is 3. The molecule has 0 atom stereocenters. The number of phenolic OH excluding ortho intramolecular Hbond substituents is 1. The number of aromatic hydroxyl groups is 1. The lowest BCUT2D eigenvalue weighted by atomic mass is 10.1. The minimum Gasteiger partial charge on any atom is -0.506 e. The second-order valence-electron chi connectivity index (χ2n) is 4.50. The Hall–Kier alpha value is -3.01. The fourth-order valence-corrected chi connectivity index (χ4v) is 1.96. The molecule has 4 nitrogen and oxygen atoms in total. The van der Waals surface area contributed by atoms with Gasteiger partial charge >= 0.3 is 0 Å². The monoisotopic (exact) mass is 275 g/mol. The SMILES string of the molecule is Oc1ccccc1N=Cc1cccc(-c2cncnc2)c1. The van der Waals surface area contributed by atoms with E-state index >= 15 is 0 Å². The lowest BCUT2D eigenvalue weighted by molar-refractivity contribution is 0.477. The summed E-state index contributed by atoms with van der Waals surface area (Å²) in [7, 11) is 0. The van der Waals surface area contributed by atoms with E-state index in [0.29, 0.717) is 5.69 Å². The highest BCUT2D eigenvalue weighted by Crippen LogP contribution is 2.25. The topological polar surface area (TPSA) is 58.4 Å². The maximum atomic E-state index is 9.69. The minimum absolute atomic E-state index is 0.168. The van der Waals surface area contributed by atoms with Crippen LogP contribution in [0.15, 0.2) is 72.2 Å². The van der Waals surface area contributed by atoms with Gasteiger partial charge < -0.3 is 5.11 Å². The Morgan fingerprint density at radius 3 is 2.52 bits per heavy atom. The van der Waals surface area contributed by atoms with E-state index in [2.05, 4.69) is 15.0 Å². The number of phenols is 1. The molecule has 0 aliphatic heterocycles. The summed E-state index contributed by atoms with van der Waals surface area (Å²) in [6.07, 6.45) is 6.77. The molecule has 0 aliphatic carbocycles. The molecule has 0 spiro atoms. The van der Waals surface area contributed by atoms with E-state index in [1.165, 1.54) is 6.33 Å². The molecular formula is C17H13N3O. The summed E-state index contributed by atoms with van der Waals surface area (Å²) in [4.78, 5) is 12.3. The maximum Gasteiger partial charge on any atom is 0.141 e. The maximum absolute atomic E-state index is 9.69. The Morgan fingerprint density at radius 1 is 0.905 bits per heavy atom. The van der Waals surface area contributed by atoms with Crippen LogP contribution in [0.4, 0.5) is 5.69 Å². The first-order valence-corrected chi connectivity index (χ1v) is 6.50. The number of aromatic nitrogens is 2. The van der Waals surface area contributed by atoms with Crippen molar-refractivity contribution in [1.29, 1.82) is 0 Å². The van der Waals surface area contributed by atoms with Crippen LogP contribution in [0.25, 0.3) is 11.1 Å². The predicted octanol–water partition coefficient (Wildman–Crippen LogP) is 3.60. The minimum atomic E-state index is 0.168. The highest BCUT2D eigenvalue weighted by molar-refractivity contribution is 5.84. The lowest BCUT2D eigenvalue weighted by Gasteiger charge is -2.02. The molecular weight excluding hydrogens is 262 g/mol. The molecule has 0 bridgehead atoms. The number of hydrogen-bond acceptors (Lipinski definition) is 4. The van der Waals surface area contributed by atoms with Crippen LogP contribution >= 0.6 is 0 Å². The third kappa shape index (κ3) is 3.12. The molecule has 102 valence electrons. The van der Waals surface area contributed by atoms with Gasteiger partial charge in [-0.3, -0.25) is 4.99 Å². The molecule has 0 radical (unpaired) electrons. The third-order valence-electron chi connectivity index (χ3n) is 3.01. The zero-order chi connectivity index (χ0) is 14.5. The zero-order valence-corrected chi connectivity index (χ0v) is 11.2. The van der Waals surface area contributed by atoms with E-state index in [1.807, 2.05) is 30.3 Å². The van der Waals surface area contributed by atoms with Crippen LogP contribution < -0.4 is 0 Å². The Bertz CT molecular complexity index is 770. The number of benzene rings is 2. The Morgan fingerprint density at radius 2 is 1.71 bits per heavy atom. The summed E-state index contributed by atoms with van der Waals surface area (Å²) >= 11 is 0. The second-order valence-corrected chi connectivity index (χ2v) is 4.50. The lowest BCUT2D eigenvalue weighted by Crippen LogP contribution is -1.85. The molecule has 1 N–H and O–H groups in total. The summed E-state index contributed by atoms with van der Waals surface area (Å²) in [5.41, 5.74) is 3.47. The molecule has 0 saturated heterocycles. The molecule has 3 rings (SSSR count). The molecule has 0 amide bonds. The molecule has 0 saturated carbocycles. The number of rotatable bonds is 3. The first kappa shape index (κ1) is 13.0. The molecule has 0 fully saturated rings. The predicted molar refractivity (Wildman–Crippen MR) is 82.8 cm³/mol. The largest absolute Gasteiger partial charge is 0.506 e. The van der Waals surface area contributed by atoms with Crippen LogP contribution in [0.1, 0.15) is 5.56 Å². The van der Waals surface area contributed by atoms with Gasteiger partial charge in [0.25, 0.3) is 0 Å². The highest BCUT2D eigenvalue weighted by Gasteiger charge is 1.99. The standard InChI is InChI=1S/C17H13N3O/c21-17-7-2-1-6-16(17)20-9-13-4-3-5-14(8-13)15-10-18-12-19-11-15/h1-12,21H. The van der Waals surface area contributed by atoms with Crippen molar-refractivity contribution in [2.45, 2.75) is 0 Å². The zero-order valence-electron chi connectivity index (χ0n) is 11.2. The van der Waals surface area contributed by atoms with E-state index in [4.69, 9.17) is 0 Å². The second kappa shape index (κ2) is 5.96. The van der Waals surface area contributed by atoms with Crippen molar-refractivity contribution in [2.24, 2.45) is 4.99 Å². The third-order valence-corrected chi connectivity index (χ3v) is 3.01. The van der Waals surface area contributed by atoms with Crippen LogP contribution in [0, 0.1) is 0 Å². The number of aliphatic imine (C=N–C) groups is 1. The summed E-state index contributed by atoms with van der Waals surface area (Å²) < 4.78 is 0. The van der Waals surface area contributed by atoms with E-state index in [1.54, 1.807) is 36.8 Å². The molecule has 3 aromatic rings. The van der Waals surface area contributed by atoms with Crippen molar-refractivity contribution in [3.05, 3.63) is 72.8 Å². The Balaban J connectivity index is 1.89. The first-order chi connectivity index (χ1) is 10.3. The van der Waals surface area contributed by atoms with Crippen molar-refractivity contribution in [3.63, 3.8) is 0 Å². The average molecular weight is 275 g/mol. The van der Waals surface area contributed by atoms with Crippen LogP contribution in [-0.2, 0) is 0 Å². The van der Waals surface area contributed by atoms with Gasteiger partial charge in [0, 0.05) is 24.2 Å². The summed E-state index contributed by atoms with van der Waals surface area (Å²) in [6, 6.07) is 14.9. The van der Waals surface area contributed by atoms with Gasteiger partial charge in [0.05, 0.1) is 0 Å². The molecule has 4 heteroatoms. The Labute approximate surface area is 122 Å². The molecule has 21 heavy (non-hydrogen) atoms. The summed E-state index contributed by atoms with van der Waals surface area (Å²) in [6.45, 7) is 0. The van der Waals surface area contributed by atoms with Crippen LogP contribution in [0.3, 0.4) is 0 Å². The van der Waals surface area contributed by atoms with E-state index in [0.717, 1.165) is 16.7 Å². The number of hydrogen-bond donors (Lipinski definition) is 1. The van der Waals surface area contributed by atoms with E-state index in [-0.39, 0.29) is 5.75 Å². The average Bonchev–Trinajstić information content (AvgIpc) is 2.55. The van der Waals surface area contributed by atoms with Gasteiger partial charge in [-0.2, -0.15) is 0 Å². The van der Waals surface area contributed by atoms with Crippen LogP contribution in [-0.4, -0.2) is 21.3 Å². The molecule has 1 aromatic heterocycles. The van der Waals surface area contributed by atoms with Crippen molar-refractivity contribution >= 4 is 11.9 Å². The van der Waals surface area contributed by atoms with Crippen molar-refractivity contribution in [3.8, 4) is 16.9 Å². The fourth-order valence-electron chi connectivity index (χ4n) is 1.96. The molecule has 2 aromatic carbocycles. The first-order valence-electron chi connectivity index (χ1n) is 6.50. The van der Waals surface area contributed by atoms with Crippen molar-refractivity contribution < 1.29 is 5.11 Å². The van der Waals surface area contributed by atoms with Crippen molar-refractivity contribution in [2.75, 3.05) is 0 Å². The van der Waals surface area contributed by atoms with Gasteiger partial charge in [-0.05, 0) is 29.3 Å². The quantitative estimate of drug-likeness (QED) is 0.743. The fraction of sp³-hybridized carbons (Fsp3) is 0. The molecule has 0 unspecified atom stereocenters. The summed E-state index contributed by atoms with van der Waals surface area (Å²) in [5, 5.41) is 9.69.